The first-order chi connectivity index (χ1) is 8.24. The van der Waals surface area contributed by atoms with E-state index < -0.39 is 23.7 Å². The van der Waals surface area contributed by atoms with E-state index in [1.165, 1.54) is 12.0 Å². The highest BCUT2D eigenvalue weighted by atomic mass is 16.6. The number of carbonyl (C=O) groups excluding carboxylic acids is 2. The summed E-state index contributed by atoms with van der Waals surface area (Å²) in [6, 6.07) is -0.735. The van der Waals surface area contributed by atoms with Crippen LogP contribution in [0.4, 0.5) is 4.79 Å². The van der Waals surface area contributed by atoms with Gasteiger partial charge < -0.3 is 15.2 Å². The summed E-state index contributed by atoms with van der Waals surface area (Å²) in [6.07, 6.45) is 0.573. The first kappa shape index (κ1) is 14.8. The minimum atomic E-state index is -0.645. The van der Waals surface area contributed by atoms with Gasteiger partial charge in [0.25, 0.3) is 0 Å². The number of rotatable bonds is 1. The lowest BCUT2D eigenvalue weighted by atomic mass is 9.98. The van der Waals surface area contributed by atoms with Crippen LogP contribution in [0.2, 0.25) is 0 Å². The van der Waals surface area contributed by atoms with Crippen LogP contribution in [-0.2, 0) is 14.3 Å². The molecule has 1 heterocycles. The van der Waals surface area contributed by atoms with Crippen LogP contribution in [0.25, 0.3) is 0 Å². The average molecular weight is 258 g/mol. The number of nitrogens with two attached hydrogens (primary N) is 1. The van der Waals surface area contributed by atoms with E-state index in [0.29, 0.717) is 19.4 Å². The van der Waals surface area contributed by atoms with Gasteiger partial charge >= 0.3 is 12.1 Å². The Labute approximate surface area is 107 Å². The molecular weight excluding hydrogens is 236 g/mol. The lowest BCUT2D eigenvalue weighted by Crippen LogP contribution is -2.54. The van der Waals surface area contributed by atoms with Crippen molar-refractivity contribution in [1.29, 1.82) is 0 Å². The van der Waals surface area contributed by atoms with Gasteiger partial charge in [0, 0.05) is 12.6 Å². The third-order valence-electron chi connectivity index (χ3n) is 2.74. The molecule has 6 heteroatoms. The molecule has 0 bridgehead atoms. The van der Waals surface area contributed by atoms with Crippen LogP contribution in [0, 0.1) is 0 Å². The second kappa shape index (κ2) is 5.56. The monoisotopic (exact) mass is 258 g/mol. The Bertz CT molecular complexity index is 325. The summed E-state index contributed by atoms with van der Waals surface area (Å²) in [7, 11) is 1.30. The number of carbonyl (C=O) groups is 2. The number of piperidine rings is 1. The molecule has 0 aromatic heterocycles. The first-order valence-corrected chi connectivity index (χ1v) is 6.07. The van der Waals surface area contributed by atoms with Crippen molar-refractivity contribution in [1.82, 2.24) is 4.90 Å². The Balaban J connectivity index is 2.77. The average Bonchev–Trinajstić information content (AvgIpc) is 2.25. The molecule has 1 aliphatic heterocycles. The first-order valence-electron chi connectivity index (χ1n) is 6.07. The van der Waals surface area contributed by atoms with Crippen molar-refractivity contribution in [3.05, 3.63) is 0 Å². The fourth-order valence-electron chi connectivity index (χ4n) is 1.89. The van der Waals surface area contributed by atoms with E-state index in [4.69, 9.17) is 15.2 Å². The lowest BCUT2D eigenvalue weighted by molar-refractivity contribution is -0.148. The van der Waals surface area contributed by atoms with E-state index in [0.717, 1.165) is 0 Å². The molecule has 1 amide bonds. The zero-order chi connectivity index (χ0) is 13.9. The molecule has 1 unspecified atom stereocenters. The molecule has 1 fully saturated rings. The maximum Gasteiger partial charge on any atom is 0.411 e. The summed E-state index contributed by atoms with van der Waals surface area (Å²) in [4.78, 5) is 25.1. The van der Waals surface area contributed by atoms with Crippen LogP contribution in [0.1, 0.15) is 33.6 Å². The number of methoxy groups -OCH3 is 1. The summed E-state index contributed by atoms with van der Waals surface area (Å²) in [5, 5.41) is 0. The van der Waals surface area contributed by atoms with Gasteiger partial charge in [-0.25, -0.2) is 9.59 Å². The van der Waals surface area contributed by atoms with Gasteiger partial charge in [0.05, 0.1) is 7.11 Å². The largest absolute Gasteiger partial charge is 0.467 e. The number of nitrogens with zero attached hydrogens (tertiary/aromatic N) is 1. The number of hydrogen-bond acceptors (Lipinski definition) is 5. The van der Waals surface area contributed by atoms with E-state index in [1.807, 2.05) is 0 Å². The van der Waals surface area contributed by atoms with Crippen LogP contribution < -0.4 is 5.73 Å². The fraction of sp³-hybridized carbons (Fsp3) is 0.833. The Kier molecular flexibility index (Phi) is 4.56. The van der Waals surface area contributed by atoms with Crippen molar-refractivity contribution in [3.63, 3.8) is 0 Å². The van der Waals surface area contributed by atoms with E-state index >= 15 is 0 Å². The zero-order valence-electron chi connectivity index (χ0n) is 11.4. The van der Waals surface area contributed by atoms with Crippen molar-refractivity contribution in [2.24, 2.45) is 5.73 Å². The standard InChI is InChI=1S/C12H22N2O4/c1-12(2,3)18-11(16)14-6-5-8(13)7-9(14)10(15)17-4/h8-9H,5-7,13H2,1-4H3/t8-,9?/m1/s1. The minimum Gasteiger partial charge on any atom is -0.467 e. The molecular formula is C12H22N2O4. The van der Waals surface area contributed by atoms with Gasteiger partial charge in [0.2, 0.25) is 0 Å². The molecule has 18 heavy (non-hydrogen) atoms. The second-order valence-electron chi connectivity index (χ2n) is 5.50. The van der Waals surface area contributed by atoms with Crippen LogP contribution in [0.3, 0.4) is 0 Å². The van der Waals surface area contributed by atoms with Crippen LogP contribution in [0.5, 0.6) is 0 Å². The van der Waals surface area contributed by atoms with Gasteiger partial charge in [-0.1, -0.05) is 0 Å². The van der Waals surface area contributed by atoms with Gasteiger partial charge in [-0.2, -0.15) is 0 Å². The molecule has 104 valence electrons. The SMILES string of the molecule is COC(=O)C1C[C@H](N)CCN1C(=O)OC(C)(C)C. The van der Waals surface area contributed by atoms with Crippen LogP contribution in [0.15, 0.2) is 0 Å². The Morgan fingerprint density at radius 3 is 2.44 bits per heavy atom. The molecule has 0 spiro atoms. The van der Waals surface area contributed by atoms with Crippen molar-refractivity contribution < 1.29 is 19.1 Å². The van der Waals surface area contributed by atoms with Gasteiger partial charge in [0.15, 0.2) is 0 Å². The molecule has 6 nitrogen and oxygen atoms in total. The quantitative estimate of drug-likeness (QED) is 0.706. The third-order valence-corrected chi connectivity index (χ3v) is 2.74. The van der Waals surface area contributed by atoms with Gasteiger partial charge in [-0.05, 0) is 33.6 Å². The summed E-state index contributed by atoms with van der Waals surface area (Å²) in [5.41, 5.74) is 5.23. The van der Waals surface area contributed by atoms with Crippen LogP contribution >= 0.6 is 0 Å². The molecule has 0 aromatic rings. The van der Waals surface area contributed by atoms with Gasteiger partial charge in [0.1, 0.15) is 11.6 Å². The van der Waals surface area contributed by atoms with Gasteiger partial charge in [-0.3, -0.25) is 4.90 Å². The Morgan fingerprint density at radius 2 is 1.94 bits per heavy atom. The van der Waals surface area contributed by atoms with E-state index in [2.05, 4.69) is 0 Å². The summed E-state index contributed by atoms with van der Waals surface area (Å²) in [6.45, 7) is 5.77. The highest BCUT2D eigenvalue weighted by Crippen LogP contribution is 2.20. The Morgan fingerprint density at radius 1 is 1.33 bits per heavy atom. The summed E-state index contributed by atoms with van der Waals surface area (Å²) >= 11 is 0. The normalized spacial score (nSPS) is 24.6. The number of hydrogen-bond donors (Lipinski definition) is 1. The molecule has 1 aliphatic rings. The maximum absolute atomic E-state index is 12.0. The molecule has 2 atom stereocenters. The van der Waals surface area contributed by atoms with Crippen molar-refractivity contribution in [2.75, 3.05) is 13.7 Å². The fourth-order valence-corrected chi connectivity index (χ4v) is 1.89. The van der Waals surface area contributed by atoms with Crippen LogP contribution in [-0.4, -0.2) is 48.3 Å². The number of esters is 1. The molecule has 1 rings (SSSR count). The molecule has 0 aromatic carbocycles. The smallest absolute Gasteiger partial charge is 0.411 e. The van der Waals surface area contributed by atoms with Crippen molar-refractivity contribution >= 4 is 12.1 Å². The number of ether oxygens (including phenoxy) is 2. The van der Waals surface area contributed by atoms with Gasteiger partial charge in [-0.15, -0.1) is 0 Å². The lowest BCUT2D eigenvalue weighted by Gasteiger charge is -2.37. The molecule has 0 aliphatic carbocycles. The number of likely N-dealkylation sites (tertiary alicyclic amines) is 1. The predicted octanol–water partition coefficient (Wildman–Crippen LogP) is 0.886. The topological polar surface area (TPSA) is 81.9 Å². The second-order valence-corrected chi connectivity index (χ2v) is 5.50. The van der Waals surface area contributed by atoms with E-state index in [-0.39, 0.29) is 6.04 Å². The molecule has 1 saturated heterocycles. The minimum absolute atomic E-state index is 0.0900. The summed E-state index contributed by atoms with van der Waals surface area (Å²) < 4.78 is 9.98. The summed E-state index contributed by atoms with van der Waals surface area (Å²) in [5.74, 6) is -0.448. The predicted molar refractivity (Wildman–Crippen MR) is 66.0 cm³/mol. The third kappa shape index (κ3) is 3.87. The van der Waals surface area contributed by atoms with Crippen molar-refractivity contribution in [3.8, 4) is 0 Å². The molecule has 0 saturated carbocycles. The molecule has 0 radical (unpaired) electrons. The van der Waals surface area contributed by atoms with E-state index in [9.17, 15) is 9.59 Å². The zero-order valence-corrected chi connectivity index (χ0v) is 11.4. The highest BCUT2D eigenvalue weighted by molar-refractivity contribution is 5.81. The van der Waals surface area contributed by atoms with E-state index in [1.54, 1.807) is 20.8 Å². The number of amides is 1. The Hall–Kier alpha value is -1.30. The molecule has 2 N–H and O–H groups in total. The van der Waals surface area contributed by atoms with Crippen molar-refractivity contribution in [2.45, 2.75) is 51.3 Å². The highest BCUT2D eigenvalue weighted by Gasteiger charge is 2.37. The maximum atomic E-state index is 12.0.